The van der Waals surface area contributed by atoms with Gasteiger partial charge in [-0.2, -0.15) is 5.26 Å². The molecular formula is C34H48N2O4. The molecule has 0 bridgehead atoms. The maximum Gasteiger partial charge on any atom is 0.188 e. The third kappa shape index (κ3) is 3.26. The van der Waals surface area contributed by atoms with Crippen LogP contribution in [0.15, 0.2) is 23.3 Å². The molecule has 0 aromatic carbocycles. The molecule has 40 heavy (non-hydrogen) atoms. The Bertz CT molecular complexity index is 1280. The number of Topliss-reactive ketones (excluding diaryl/α,β-unsaturated/α-hetero) is 1. The van der Waals surface area contributed by atoms with Gasteiger partial charge < -0.3 is 10.2 Å². The number of aliphatic hydroxyl groups excluding tert-OH is 1. The summed E-state index contributed by atoms with van der Waals surface area (Å²) in [5.74, 6) is -0.459. The molecule has 1 saturated heterocycles. The lowest BCUT2D eigenvalue weighted by Crippen LogP contribution is -2.75. The number of ketones is 2. The van der Waals surface area contributed by atoms with Gasteiger partial charge in [0, 0.05) is 41.8 Å². The number of fused-ring (bicyclic) bond motifs is 7. The van der Waals surface area contributed by atoms with Crippen LogP contribution in [0.5, 0.6) is 0 Å². The van der Waals surface area contributed by atoms with Gasteiger partial charge in [-0.05, 0) is 78.8 Å². The Morgan fingerprint density at radius 1 is 0.975 bits per heavy atom. The number of allylic oxidation sites excluding steroid dienone is 3. The van der Waals surface area contributed by atoms with E-state index in [4.69, 9.17) is 0 Å². The summed E-state index contributed by atoms with van der Waals surface area (Å²) in [5, 5.41) is 33.1. The number of nitriles is 1. The largest absolute Gasteiger partial charge is 0.390 e. The number of likely N-dealkylation sites (tertiary alicyclic amines) is 1. The Hall–Kier alpha value is -1.81. The van der Waals surface area contributed by atoms with Crippen molar-refractivity contribution in [2.24, 2.45) is 44.3 Å². The van der Waals surface area contributed by atoms with Gasteiger partial charge in [0.1, 0.15) is 11.7 Å². The van der Waals surface area contributed by atoms with Crippen molar-refractivity contribution in [2.45, 2.75) is 105 Å². The van der Waals surface area contributed by atoms with Crippen LogP contribution in [0, 0.1) is 55.7 Å². The maximum atomic E-state index is 14.6. The lowest BCUT2D eigenvalue weighted by atomic mass is 9.32. The molecule has 6 rings (SSSR count). The van der Waals surface area contributed by atoms with Crippen LogP contribution in [-0.4, -0.2) is 58.0 Å². The zero-order chi connectivity index (χ0) is 29.3. The fraction of sp³-hybridized carbons (Fsp3) is 0.794. The van der Waals surface area contributed by atoms with Gasteiger partial charge in [-0.15, -0.1) is 0 Å². The number of nitrogens with zero attached hydrogens (tertiary/aromatic N) is 2. The summed E-state index contributed by atoms with van der Waals surface area (Å²) in [5.41, 5.74) is -2.84. The van der Waals surface area contributed by atoms with Gasteiger partial charge in [0.05, 0.1) is 11.7 Å². The minimum absolute atomic E-state index is 0.0133. The first kappa shape index (κ1) is 28.3. The second-order valence-corrected chi connectivity index (χ2v) is 16.6. The molecule has 6 nitrogen and oxygen atoms in total. The van der Waals surface area contributed by atoms with Gasteiger partial charge in [0.15, 0.2) is 11.6 Å². The van der Waals surface area contributed by atoms with E-state index in [-0.39, 0.29) is 45.9 Å². The molecule has 0 aromatic rings. The van der Waals surface area contributed by atoms with Crippen molar-refractivity contribution in [3.63, 3.8) is 0 Å². The number of hydrogen-bond acceptors (Lipinski definition) is 6. The minimum atomic E-state index is -1.49. The van der Waals surface area contributed by atoms with E-state index in [1.807, 2.05) is 19.9 Å². The van der Waals surface area contributed by atoms with E-state index in [9.17, 15) is 25.1 Å². The summed E-state index contributed by atoms with van der Waals surface area (Å²) in [6.45, 7) is 17.2. The highest BCUT2D eigenvalue weighted by molar-refractivity contribution is 6.05. The van der Waals surface area contributed by atoms with Crippen LogP contribution in [-0.2, 0) is 9.59 Å². The SMILES string of the molecule is CC1(C)CC[C@]2(CN3CC(O)C3)CC[C@]3(C)C(O)(C(=O)C=C4[C@@]5(C)C=C(C#N)C(=O)C(C)(C)C5CC[C@]43C)C2C1. The Labute approximate surface area is 239 Å². The van der Waals surface area contributed by atoms with E-state index in [1.165, 1.54) is 0 Å². The van der Waals surface area contributed by atoms with E-state index >= 15 is 0 Å². The fourth-order valence-electron chi connectivity index (χ4n) is 11.1. The first-order valence-corrected chi connectivity index (χ1v) is 15.5. The van der Waals surface area contributed by atoms with Crippen LogP contribution in [0.2, 0.25) is 0 Å². The first-order chi connectivity index (χ1) is 18.4. The van der Waals surface area contributed by atoms with Crippen LogP contribution in [0.1, 0.15) is 93.4 Å². The standard InChI is InChI=1S/C34H48N2O4/c1-28(2)10-12-33(20-36-18-22(37)19-36)13-11-32(7)31(6)9-8-23-29(3,4)27(39)21(17-35)15-30(23,5)24(31)14-26(38)34(32,40)25(33)16-28/h14-15,22-23,25,37,40H,8-13,16,18-20H2,1-7H3/t23?,25?,30-,31+,32-,33+,34?/m0/s1. The van der Waals surface area contributed by atoms with Crippen molar-refractivity contribution in [1.82, 2.24) is 4.90 Å². The lowest BCUT2D eigenvalue weighted by Gasteiger charge is -2.72. The zero-order valence-electron chi connectivity index (χ0n) is 25.6. The molecule has 218 valence electrons. The first-order valence-electron chi connectivity index (χ1n) is 15.5. The number of β-amino-alcohol motifs (C(OH)–C–C–N with tert-alkyl or cyclic N) is 1. The Morgan fingerprint density at radius 3 is 2.25 bits per heavy atom. The summed E-state index contributed by atoms with van der Waals surface area (Å²) < 4.78 is 0. The fourth-order valence-corrected chi connectivity index (χ4v) is 11.1. The van der Waals surface area contributed by atoms with Crippen LogP contribution in [0.3, 0.4) is 0 Å². The molecule has 0 aromatic heterocycles. The van der Waals surface area contributed by atoms with Crippen LogP contribution in [0.25, 0.3) is 0 Å². The number of aliphatic hydroxyl groups is 2. The number of carbonyl (C=O) groups is 2. The maximum absolute atomic E-state index is 14.6. The molecule has 1 heterocycles. The monoisotopic (exact) mass is 548 g/mol. The third-order valence-corrected chi connectivity index (χ3v) is 13.7. The molecule has 6 heteroatoms. The Morgan fingerprint density at radius 2 is 1.62 bits per heavy atom. The number of hydrogen-bond donors (Lipinski definition) is 2. The molecule has 0 spiro atoms. The van der Waals surface area contributed by atoms with Crippen LogP contribution >= 0.6 is 0 Å². The van der Waals surface area contributed by atoms with Gasteiger partial charge in [-0.3, -0.25) is 14.5 Å². The molecular weight excluding hydrogens is 500 g/mol. The van der Waals surface area contributed by atoms with Gasteiger partial charge in [0.25, 0.3) is 0 Å². The van der Waals surface area contributed by atoms with Crippen molar-refractivity contribution >= 4 is 11.6 Å². The average Bonchev–Trinajstić information content (AvgIpc) is 2.85. The molecule has 4 fully saturated rings. The normalized spacial score (nSPS) is 47.9. The van der Waals surface area contributed by atoms with E-state index in [0.29, 0.717) is 13.1 Å². The average molecular weight is 549 g/mol. The van der Waals surface area contributed by atoms with Crippen molar-refractivity contribution in [2.75, 3.05) is 19.6 Å². The topological polar surface area (TPSA) is 102 Å². The van der Waals surface area contributed by atoms with Crippen molar-refractivity contribution in [3.8, 4) is 6.07 Å². The van der Waals surface area contributed by atoms with Gasteiger partial charge in [-0.1, -0.05) is 54.5 Å². The second kappa shape index (κ2) is 8.17. The molecule has 3 saturated carbocycles. The highest BCUT2D eigenvalue weighted by Crippen LogP contribution is 2.75. The van der Waals surface area contributed by atoms with Gasteiger partial charge >= 0.3 is 0 Å². The lowest BCUT2D eigenvalue weighted by molar-refractivity contribution is -0.250. The van der Waals surface area contributed by atoms with Gasteiger partial charge in [-0.25, -0.2) is 0 Å². The predicted molar refractivity (Wildman–Crippen MR) is 153 cm³/mol. The molecule has 5 aliphatic carbocycles. The zero-order valence-corrected chi connectivity index (χ0v) is 25.6. The summed E-state index contributed by atoms with van der Waals surface area (Å²) in [6, 6.07) is 2.17. The Kier molecular flexibility index (Phi) is 5.79. The van der Waals surface area contributed by atoms with Crippen LogP contribution < -0.4 is 0 Å². The highest BCUT2D eigenvalue weighted by atomic mass is 16.3. The molecule has 3 unspecified atom stereocenters. The van der Waals surface area contributed by atoms with Crippen LogP contribution in [0.4, 0.5) is 0 Å². The third-order valence-electron chi connectivity index (χ3n) is 13.7. The predicted octanol–water partition coefficient (Wildman–Crippen LogP) is 5.00. The van der Waals surface area contributed by atoms with Gasteiger partial charge in [0.2, 0.25) is 0 Å². The number of rotatable bonds is 2. The van der Waals surface area contributed by atoms with Crippen molar-refractivity contribution in [1.29, 1.82) is 5.26 Å². The summed E-state index contributed by atoms with van der Waals surface area (Å²) in [6.07, 6.45) is 9.56. The Balaban J connectivity index is 1.51. The second-order valence-electron chi connectivity index (χ2n) is 16.6. The smallest absolute Gasteiger partial charge is 0.188 e. The van der Waals surface area contributed by atoms with E-state index < -0.39 is 27.3 Å². The van der Waals surface area contributed by atoms with E-state index in [0.717, 1.165) is 57.1 Å². The van der Waals surface area contributed by atoms with Crippen molar-refractivity contribution in [3.05, 3.63) is 23.3 Å². The van der Waals surface area contributed by atoms with E-state index in [2.05, 4.69) is 45.6 Å². The molecule has 7 atom stereocenters. The molecule has 2 N–H and O–H groups in total. The van der Waals surface area contributed by atoms with E-state index in [1.54, 1.807) is 6.08 Å². The summed E-state index contributed by atoms with van der Waals surface area (Å²) in [4.78, 5) is 30.2. The minimum Gasteiger partial charge on any atom is -0.390 e. The highest BCUT2D eigenvalue weighted by Gasteiger charge is 2.75. The number of carbonyl (C=O) groups excluding carboxylic acids is 2. The molecule has 1 aliphatic heterocycles. The molecule has 0 amide bonds. The van der Waals surface area contributed by atoms with Crippen molar-refractivity contribution < 1.29 is 19.8 Å². The summed E-state index contributed by atoms with van der Waals surface area (Å²) >= 11 is 0. The summed E-state index contributed by atoms with van der Waals surface area (Å²) in [7, 11) is 0. The quantitative estimate of drug-likeness (QED) is 0.504. The molecule has 6 aliphatic rings. The molecule has 0 radical (unpaired) electrons.